The van der Waals surface area contributed by atoms with Gasteiger partial charge in [-0.25, -0.2) is 0 Å². The zero-order valence-electron chi connectivity index (χ0n) is 9.42. The van der Waals surface area contributed by atoms with Crippen molar-refractivity contribution < 1.29 is 4.79 Å². The van der Waals surface area contributed by atoms with Gasteiger partial charge >= 0.3 is 0 Å². The summed E-state index contributed by atoms with van der Waals surface area (Å²) in [6.07, 6.45) is 2.25. The molecule has 0 N–H and O–H groups in total. The number of aryl methyl sites for hydroxylation is 2. The van der Waals surface area contributed by atoms with E-state index in [1.165, 1.54) is 27.5 Å². The van der Waals surface area contributed by atoms with Gasteiger partial charge in [0.1, 0.15) is 5.78 Å². The molecule has 1 heteroatoms. The summed E-state index contributed by atoms with van der Waals surface area (Å²) in [7, 11) is 0. The van der Waals surface area contributed by atoms with Gasteiger partial charge in [-0.3, -0.25) is 4.79 Å². The number of carbonyl (C=O) groups is 1. The Morgan fingerprint density at radius 1 is 1.06 bits per heavy atom. The molecular formula is C15H14O. The molecule has 0 amide bonds. The van der Waals surface area contributed by atoms with E-state index >= 15 is 0 Å². The fraction of sp³-hybridized carbons (Fsp3) is 0.267. The summed E-state index contributed by atoms with van der Waals surface area (Å²) in [4.78, 5) is 11.4. The van der Waals surface area contributed by atoms with Crippen LogP contribution in [-0.2, 0) is 17.6 Å². The van der Waals surface area contributed by atoms with Gasteiger partial charge in [0.2, 0.25) is 0 Å². The fourth-order valence-corrected chi connectivity index (χ4v) is 2.55. The fourth-order valence-electron chi connectivity index (χ4n) is 2.55. The predicted octanol–water partition coefficient (Wildman–Crippen LogP) is 3.21. The van der Waals surface area contributed by atoms with Crippen molar-refractivity contribution in [1.29, 1.82) is 0 Å². The second kappa shape index (κ2) is 3.44. The number of hydrogen-bond donors (Lipinski definition) is 0. The summed E-state index contributed by atoms with van der Waals surface area (Å²) in [5.41, 5.74) is 3.88. The molecule has 80 valence electrons. The Balaban J connectivity index is 2.28. The maximum absolute atomic E-state index is 11.4. The molecule has 0 bridgehead atoms. The van der Waals surface area contributed by atoms with E-state index in [0.29, 0.717) is 18.6 Å². The molecule has 1 aliphatic carbocycles. The molecule has 1 nitrogen and oxygen atoms in total. The van der Waals surface area contributed by atoms with Crippen LogP contribution in [0, 0.1) is 6.92 Å². The molecule has 0 spiro atoms. The minimum Gasteiger partial charge on any atom is -0.299 e. The predicted molar refractivity (Wildman–Crippen MR) is 65.7 cm³/mol. The van der Waals surface area contributed by atoms with Crippen LogP contribution < -0.4 is 0 Å². The van der Waals surface area contributed by atoms with Crippen molar-refractivity contribution >= 4 is 16.6 Å². The minimum absolute atomic E-state index is 0.375. The normalized spacial score (nSPS) is 15.2. The summed E-state index contributed by atoms with van der Waals surface area (Å²) in [6.45, 7) is 2.12. The molecule has 0 aliphatic heterocycles. The number of benzene rings is 2. The average molecular weight is 210 g/mol. The number of rotatable bonds is 0. The monoisotopic (exact) mass is 210 g/mol. The summed E-state index contributed by atoms with van der Waals surface area (Å²) in [5.74, 6) is 0.375. The number of carbonyl (C=O) groups excluding carboxylic acids is 1. The third kappa shape index (κ3) is 1.44. The zero-order chi connectivity index (χ0) is 11.1. The van der Waals surface area contributed by atoms with Gasteiger partial charge in [0.05, 0.1) is 0 Å². The molecule has 0 atom stereocenters. The van der Waals surface area contributed by atoms with Crippen molar-refractivity contribution in [2.45, 2.75) is 26.2 Å². The van der Waals surface area contributed by atoms with Crippen molar-refractivity contribution in [2.24, 2.45) is 0 Å². The maximum atomic E-state index is 11.4. The topological polar surface area (TPSA) is 17.1 Å². The Kier molecular flexibility index (Phi) is 2.06. The van der Waals surface area contributed by atoms with Crippen LogP contribution >= 0.6 is 0 Å². The van der Waals surface area contributed by atoms with Crippen molar-refractivity contribution in [3.05, 3.63) is 47.0 Å². The first kappa shape index (κ1) is 9.59. The highest BCUT2D eigenvalue weighted by atomic mass is 16.1. The molecule has 2 aromatic carbocycles. The van der Waals surface area contributed by atoms with Crippen molar-refractivity contribution in [3.63, 3.8) is 0 Å². The average Bonchev–Trinajstić information content (AvgIpc) is 2.28. The van der Waals surface area contributed by atoms with Gasteiger partial charge in [0, 0.05) is 12.8 Å². The lowest BCUT2D eigenvalue weighted by molar-refractivity contribution is -0.118. The lowest BCUT2D eigenvalue weighted by Gasteiger charge is -2.16. The van der Waals surface area contributed by atoms with Gasteiger partial charge in [0.25, 0.3) is 0 Å². The molecule has 0 saturated carbocycles. The van der Waals surface area contributed by atoms with Gasteiger partial charge in [-0.2, -0.15) is 0 Å². The molecule has 0 aromatic heterocycles. The van der Waals surface area contributed by atoms with E-state index in [9.17, 15) is 4.79 Å². The number of Topliss-reactive ketones (excluding diaryl/α,β-unsaturated/α-hetero) is 1. The summed E-state index contributed by atoms with van der Waals surface area (Å²) >= 11 is 0. The summed E-state index contributed by atoms with van der Waals surface area (Å²) in [5, 5.41) is 2.59. The number of hydrogen-bond acceptors (Lipinski definition) is 1. The van der Waals surface area contributed by atoms with E-state index < -0.39 is 0 Å². The van der Waals surface area contributed by atoms with Crippen LogP contribution in [0.25, 0.3) is 10.8 Å². The molecule has 2 aromatic rings. The first-order valence-electron chi connectivity index (χ1n) is 5.77. The Morgan fingerprint density at radius 3 is 2.81 bits per heavy atom. The lowest BCUT2D eigenvalue weighted by atomic mass is 9.88. The molecule has 0 radical (unpaired) electrons. The van der Waals surface area contributed by atoms with Crippen LogP contribution in [0.2, 0.25) is 0 Å². The molecular weight excluding hydrogens is 196 g/mol. The molecule has 0 fully saturated rings. The molecule has 16 heavy (non-hydrogen) atoms. The molecule has 0 heterocycles. The standard InChI is InChI=1S/C15H14O/c1-10-3-2-4-12-7-11-5-6-14(16)8-13(11)9-15(10)12/h2-4,7,9H,5-6,8H2,1H3. The molecule has 0 saturated heterocycles. The highest BCUT2D eigenvalue weighted by Gasteiger charge is 2.16. The van der Waals surface area contributed by atoms with Crippen molar-refractivity contribution in [3.8, 4) is 0 Å². The van der Waals surface area contributed by atoms with Crippen LogP contribution in [0.5, 0.6) is 0 Å². The van der Waals surface area contributed by atoms with Crippen LogP contribution in [-0.4, -0.2) is 5.78 Å². The van der Waals surface area contributed by atoms with E-state index in [1.54, 1.807) is 0 Å². The molecule has 1 aliphatic rings. The minimum atomic E-state index is 0.375. The molecule has 0 unspecified atom stereocenters. The third-order valence-corrected chi connectivity index (χ3v) is 3.48. The van der Waals surface area contributed by atoms with Gasteiger partial charge < -0.3 is 0 Å². The lowest BCUT2D eigenvalue weighted by Crippen LogP contribution is -2.13. The summed E-state index contributed by atoms with van der Waals surface area (Å²) in [6, 6.07) is 10.8. The largest absolute Gasteiger partial charge is 0.299 e. The highest BCUT2D eigenvalue weighted by molar-refractivity contribution is 5.90. The van der Waals surface area contributed by atoms with Gasteiger partial charge in [-0.05, 0) is 40.8 Å². The van der Waals surface area contributed by atoms with Crippen molar-refractivity contribution in [2.75, 3.05) is 0 Å². The van der Waals surface area contributed by atoms with E-state index in [4.69, 9.17) is 0 Å². The first-order valence-corrected chi connectivity index (χ1v) is 5.77. The first-order chi connectivity index (χ1) is 7.74. The maximum Gasteiger partial charge on any atom is 0.137 e. The van der Waals surface area contributed by atoms with Crippen LogP contribution in [0.15, 0.2) is 30.3 Å². The van der Waals surface area contributed by atoms with E-state index in [-0.39, 0.29) is 0 Å². The second-order valence-corrected chi connectivity index (χ2v) is 4.63. The molecule has 3 rings (SSSR count). The Labute approximate surface area is 95.1 Å². The Bertz CT molecular complexity index is 581. The second-order valence-electron chi connectivity index (χ2n) is 4.63. The highest BCUT2D eigenvalue weighted by Crippen LogP contribution is 2.27. The number of ketones is 1. The SMILES string of the molecule is Cc1cccc2cc3c(cc12)CC(=O)CC3. The Morgan fingerprint density at radius 2 is 1.94 bits per heavy atom. The van der Waals surface area contributed by atoms with Gasteiger partial charge in [-0.1, -0.05) is 30.3 Å². The van der Waals surface area contributed by atoms with Gasteiger partial charge in [-0.15, -0.1) is 0 Å². The quantitative estimate of drug-likeness (QED) is 0.652. The van der Waals surface area contributed by atoms with E-state index in [0.717, 1.165) is 6.42 Å². The zero-order valence-corrected chi connectivity index (χ0v) is 9.42. The smallest absolute Gasteiger partial charge is 0.137 e. The number of fused-ring (bicyclic) bond motifs is 2. The van der Waals surface area contributed by atoms with E-state index in [1.807, 2.05) is 0 Å². The van der Waals surface area contributed by atoms with Gasteiger partial charge in [0.15, 0.2) is 0 Å². The van der Waals surface area contributed by atoms with E-state index in [2.05, 4.69) is 37.3 Å². The van der Waals surface area contributed by atoms with Crippen LogP contribution in [0.1, 0.15) is 23.1 Å². The van der Waals surface area contributed by atoms with Crippen LogP contribution in [0.4, 0.5) is 0 Å². The third-order valence-electron chi connectivity index (χ3n) is 3.48. The Hall–Kier alpha value is -1.63. The van der Waals surface area contributed by atoms with Crippen molar-refractivity contribution in [1.82, 2.24) is 0 Å². The summed E-state index contributed by atoms with van der Waals surface area (Å²) < 4.78 is 0. The van der Waals surface area contributed by atoms with Crippen LogP contribution in [0.3, 0.4) is 0 Å².